The number of hydrogen-bond acceptors (Lipinski definition) is 6. The summed E-state index contributed by atoms with van der Waals surface area (Å²) in [5, 5.41) is 8.54. The molecule has 1 fully saturated rings. The van der Waals surface area contributed by atoms with Gasteiger partial charge in [0.25, 0.3) is 0 Å². The van der Waals surface area contributed by atoms with Crippen molar-refractivity contribution in [3.05, 3.63) is 12.0 Å². The van der Waals surface area contributed by atoms with Crippen LogP contribution in [0, 0.1) is 0 Å². The van der Waals surface area contributed by atoms with Gasteiger partial charge in [0, 0.05) is 26.2 Å². The molecule has 1 aliphatic heterocycles. The Hall–Kier alpha value is -1.73. The lowest BCUT2D eigenvalue weighted by molar-refractivity contribution is 0.155. The second kappa shape index (κ2) is 5.95. The fourth-order valence-electron chi connectivity index (χ4n) is 2.66. The molecule has 0 radical (unpaired) electrons. The summed E-state index contributed by atoms with van der Waals surface area (Å²) in [6.07, 6.45) is 2.89. The van der Waals surface area contributed by atoms with Crippen LogP contribution in [0.25, 0.3) is 11.0 Å². The van der Waals surface area contributed by atoms with E-state index in [0.29, 0.717) is 12.6 Å². The highest BCUT2D eigenvalue weighted by atomic mass is 16.5. The third-order valence-corrected chi connectivity index (χ3v) is 3.90. The van der Waals surface area contributed by atoms with Crippen LogP contribution in [0.3, 0.4) is 0 Å². The highest BCUT2D eigenvalue weighted by Crippen LogP contribution is 2.20. The van der Waals surface area contributed by atoms with Crippen molar-refractivity contribution in [1.29, 1.82) is 0 Å². The number of likely N-dealkylation sites (N-methyl/N-ethyl adjacent to an activating group) is 1. The molecular formula is C14H22N6O. The lowest BCUT2D eigenvalue weighted by Gasteiger charge is -2.22. The van der Waals surface area contributed by atoms with E-state index in [2.05, 4.69) is 39.3 Å². The molecule has 1 saturated heterocycles. The summed E-state index contributed by atoms with van der Waals surface area (Å²) in [4.78, 5) is 11.6. The molecule has 7 nitrogen and oxygen atoms in total. The van der Waals surface area contributed by atoms with Crippen LogP contribution in [0.4, 0.5) is 5.82 Å². The van der Waals surface area contributed by atoms with Gasteiger partial charge in [-0.25, -0.2) is 9.97 Å². The Bertz CT molecular complexity index is 619. The standard InChI is InChI=1S/C14H22N6O/c1-4-15-13-11-7-16-20(3)14(11)18-12(17-13)8-19(2)10-5-6-21-9-10/h7,10H,4-6,8-9H2,1-3H3,(H,15,17,18). The minimum Gasteiger partial charge on any atom is -0.380 e. The van der Waals surface area contributed by atoms with E-state index in [1.54, 1.807) is 4.68 Å². The summed E-state index contributed by atoms with van der Waals surface area (Å²) in [5.41, 5.74) is 0.868. The summed E-state index contributed by atoms with van der Waals surface area (Å²) in [6, 6.07) is 0.457. The maximum absolute atomic E-state index is 5.45. The molecule has 7 heteroatoms. The predicted molar refractivity (Wildman–Crippen MR) is 81.2 cm³/mol. The molecule has 3 rings (SSSR count). The van der Waals surface area contributed by atoms with E-state index >= 15 is 0 Å². The van der Waals surface area contributed by atoms with Crippen molar-refractivity contribution < 1.29 is 4.74 Å². The topological polar surface area (TPSA) is 68.1 Å². The number of ether oxygens (including phenoxy) is 1. The molecule has 2 aromatic rings. The van der Waals surface area contributed by atoms with Gasteiger partial charge in [0.05, 0.1) is 24.7 Å². The fourth-order valence-corrected chi connectivity index (χ4v) is 2.66. The first-order valence-electron chi connectivity index (χ1n) is 7.39. The zero-order chi connectivity index (χ0) is 14.8. The molecule has 0 spiro atoms. The number of nitrogens with one attached hydrogen (secondary N) is 1. The Morgan fingerprint density at radius 1 is 1.48 bits per heavy atom. The Morgan fingerprint density at radius 2 is 2.33 bits per heavy atom. The van der Waals surface area contributed by atoms with Crippen LogP contribution in [0.2, 0.25) is 0 Å². The summed E-state index contributed by atoms with van der Waals surface area (Å²) < 4.78 is 7.24. The molecular weight excluding hydrogens is 268 g/mol. The molecule has 1 unspecified atom stereocenters. The van der Waals surface area contributed by atoms with Gasteiger partial charge in [-0.1, -0.05) is 0 Å². The van der Waals surface area contributed by atoms with E-state index in [-0.39, 0.29) is 0 Å². The van der Waals surface area contributed by atoms with Crippen molar-refractivity contribution in [2.45, 2.75) is 25.9 Å². The Morgan fingerprint density at radius 3 is 3.05 bits per heavy atom. The van der Waals surface area contributed by atoms with Gasteiger partial charge >= 0.3 is 0 Å². The van der Waals surface area contributed by atoms with Crippen LogP contribution in [-0.4, -0.2) is 57.5 Å². The molecule has 0 amide bonds. The van der Waals surface area contributed by atoms with E-state index in [1.807, 2.05) is 13.2 Å². The zero-order valence-electron chi connectivity index (χ0n) is 12.8. The number of hydrogen-bond donors (Lipinski definition) is 1. The van der Waals surface area contributed by atoms with Crippen molar-refractivity contribution in [3.8, 4) is 0 Å². The first-order valence-corrected chi connectivity index (χ1v) is 7.39. The van der Waals surface area contributed by atoms with E-state index in [0.717, 1.165) is 48.9 Å². The van der Waals surface area contributed by atoms with Crippen LogP contribution in [0.5, 0.6) is 0 Å². The Kier molecular flexibility index (Phi) is 4.03. The van der Waals surface area contributed by atoms with E-state index in [4.69, 9.17) is 4.74 Å². The lowest BCUT2D eigenvalue weighted by atomic mass is 10.2. The summed E-state index contributed by atoms with van der Waals surface area (Å²) in [6.45, 7) is 5.25. The molecule has 21 heavy (non-hydrogen) atoms. The van der Waals surface area contributed by atoms with Gasteiger partial charge in [-0.05, 0) is 20.4 Å². The highest BCUT2D eigenvalue weighted by Gasteiger charge is 2.21. The maximum Gasteiger partial charge on any atom is 0.163 e. The van der Waals surface area contributed by atoms with Gasteiger partial charge < -0.3 is 10.1 Å². The second-order valence-corrected chi connectivity index (χ2v) is 5.46. The van der Waals surface area contributed by atoms with E-state index in [1.165, 1.54) is 0 Å². The van der Waals surface area contributed by atoms with Gasteiger partial charge in [-0.2, -0.15) is 5.10 Å². The molecule has 0 bridgehead atoms. The van der Waals surface area contributed by atoms with Crippen molar-refractivity contribution in [2.24, 2.45) is 7.05 Å². The van der Waals surface area contributed by atoms with Crippen LogP contribution in [0.15, 0.2) is 6.20 Å². The van der Waals surface area contributed by atoms with Crippen LogP contribution in [-0.2, 0) is 18.3 Å². The molecule has 0 aromatic carbocycles. The van der Waals surface area contributed by atoms with Crippen molar-refractivity contribution in [3.63, 3.8) is 0 Å². The average Bonchev–Trinajstić information content (AvgIpc) is 3.10. The van der Waals surface area contributed by atoms with Gasteiger partial charge in [-0.3, -0.25) is 9.58 Å². The number of nitrogens with zero attached hydrogens (tertiary/aromatic N) is 5. The Labute approximate surface area is 124 Å². The minimum atomic E-state index is 0.457. The molecule has 1 atom stereocenters. The number of aromatic nitrogens is 4. The molecule has 0 aliphatic carbocycles. The van der Waals surface area contributed by atoms with Gasteiger partial charge in [0.1, 0.15) is 11.6 Å². The van der Waals surface area contributed by atoms with Crippen LogP contribution < -0.4 is 5.32 Å². The third kappa shape index (κ3) is 2.84. The van der Waals surface area contributed by atoms with Crippen LogP contribution in [0.1, 0.15) is 19.2 Å². The molecule has 3 heterocycles. The van der Waals surface area contributed by atoms with Crippen LogP contribution >= 0.6 is 0 Å². The van der Waals surface area contributed by atoms with E-state index < -0.39 is 0 Å². The number of anilines is 1. The summed E-state index contributed by atoms with van der Waals surface area (Å²) in [5.74, 6) is 1.68. The largest absolute Gasteiger partial charge is 0.380 e. The SMILES string of the molecule is CCNc1nc(CN(C)C2CCOC2)nc2c1cnn2C. The monoisotopic (exact) mass is 290 g/mol. The molecule has 0 saturated carbocycles. The van der Waals surface area contributed by atoms with Gasteiger partial charge in [-0.15, -0.1) is 0 Å². The Balaban J connectivity index is 1.88. The molecule has 114 valence electrons. The smallest absolute Gasteiger partial charge is 0.163 e. The quantitative estimate of drug-likeness (QED) is 0.886. The lowest BCUT2D eigenvalue weighted by Crippen LogP contribution is -2.32. The summed E-state index contributed by atoms with van der Waals surface area (Å²) in [7, 11) is 4.01. The highest BCUT2D eigenvalue weighted by molar-refractivity contribution is 5.86. The van der Waals surface area contributed by atoms with Crippen molar-refractivity contribution in [1.82, 2.24) is 24.6 Å². The average molecular weight is 290 g/mol. The first-order chi connectivity index (χ1) is 10.2. The summed E-state index contributed by atoms with van der Waals surface area (Å²) >= 11 is 0. The third-order valence-electron chi connectivity index (χ3n) is 3.90. The zero-order valence-corrected chi connectivity index (χ0v) is 12.8. The van der Waals surface area contributed by atoms with E-state index in [9.17, 15) is 0 Å². The second-order valence-electron chi connectivity index (χ2n) is 5.46. The number of fused-ring (bicyclic) bond motifs is 1. The van der Waals surface area contributed by atoms with Crippen molar-refractivity contribution >= 4 is 16.9 Å². The number of aryl methyl sites for hydroxylation is 1. The van der Waals surface area contributed by atoms with Crippen molar-refractivity contribution in [2.75, 3.05) is 32.1 Å². The van der Waals surface area contributed by atoms with Gasteiger partial charge in [0.2, 0.25) is 0 Å². The molecule has 1 aliphatic rings. The normalized spacial score (nSPS) is 18.8. The predicted octanol–water partition coefficient (Wildman–Crippen LogP) is 1.02. The first kappa shape index (κ1) is 14.2. The number of rotatable bonds is 5. The fraction of sp³-hybridized carbons (Fsp3) is 0.643. The minimum absolute atomic E-state index is 0.457. The van der Waals surface area contributed by atoms with Gasteiger partial charge in [0.15, 0.2) is 5.65 Å². The molecule has 2 aromatic heterocycles. The maximum atomic E-state index is 5.45. The molecule has 1 N–H and O–H groups in total.